The van der Waals surface area contributed by atoms with E-state index in [-0.39, 0.29) is 5.69 Å². The summed E-state index contributed by atoms with van der Waals surface area (Å²) in [5.41, 5.74) is 1.06. The Morgan fingerprint density at radius 1 is 1.44 bits per heavy atom. The van der Waals surface area contributed by atoms with Gasteiger partial charge in [0.2, 0.25) is 5.95 Å². The van der Waals surface area contributed by atoms with Gasteiger partial charge in [0.05, 0.1) is 0 Å². The number of carboxylic acid groups (broad SMARTS) is 1. The molecule has 94 valence electrons. The predicted octanol–water partition coefficient (Wildman–Crippen LogP) is 0.563. The van der Waals surface area contributed by atoms with Crippen molar-refractivity contribution < 1.29 is 9.90 Å². The van der Waals surface area contributed by atoms with Crippen molar-refractivity contribution in [1.29, 1.82) is 0 Å². The molecule has 0 aliphatic carbocycles. The van der Waals surface area contributed by atoms with E-state index in [2.05, 4.69) is 20.4 Å². The Morgan fingerprint density at radius 3 is 2.94 bits per heavy atom. The molecule has 0 unspecified atom stereocenters. The number of hydrogen-bond acceptors (Lipinski definition) is 5. The van der Waals surface area contributed by atoms with E-state index in [0.717, 1.165) is 12.1 Å². The van der Waals surface area contributed by atoms with Gasteiger partial charge in [-0.1, -0.05) is 0 Å². The van der Waals surface area contributed by atoms with Crippen LogP contribution in [-0.4, -0.2) is 37.4 Å². The first-order chi connectivity index (χ1) is 8.66. The number of carbonyl (C=O) groups is 1. The lowest BCUT2D eigenvalue weighted by Crippen LogP contribution is -2.12. The zero-order valence-electron chi connectivity index (χ0n) is 9.87. The van der Waals surface area contributed by atoms with Crippen LogP contribution in [0.4, 0.5) is 5.95 Å². The van der Waals surface area contributed by atoms with Crippen LogP contribution in [0.25, 0.3) is 0 Å². The van der Waals surface area contributed by atoms with Crippen LogP contribution in [-0.2, 0) is 13.5 Å². The van der Waals surface area contributed by atoms with Crippen molar-refractivity contribution in [3.8, 4) is 0 Å². The maximum atomic E-state index is 10.7. The number of aryl methyl sites for hydroxylation is 1. The number of aromatic nitrogens is 4. The standard InChI is InChI=1S/C11H13N5O2/c1-16-8(3-7-14-16)2-5-12-11-13-6-4-9(15-11)10(17)18/h3-4,6-7H,2,5H2,1H3,(H,17,18)(H,12,13,15). The average molecular weight is 247 g/mol. The summed E-state index contributed by atoms with van der Waals surface area (Å²) in [6.45, 7) is 0.614. The number of nitrogens with one attached hydrogen (secondary N) is 1. The number of rotatable bonds is 5. The smallest absolute Gasteiger partial charge is 0.354 e. The lowest BCUT2D eigenvalue weighted by molar-refractivity contribution is 0.0690. The summed E-state index contributed by atoms with van der Waals surface area (Å²) < 4.78 is 1.79. The minimum Gasteiger partial charge on any atom is -0.477 e. The summed E-state index contributed by atoms with van der Waals surface area (Å²) in [6.07, 6.45) is 3.91. The van der Waals surface area contributed by atoms with Gasteiger partial charge in [0.1, 0.15) is 0 Å². The molecule has 0 aliphatic rings. The molecule has 2 aromatic rings. The molecule has 0 fully saturated rings. The summed E-state index contributed by atoms with van der Waals surface area (Å²) >= 11 is 0. The van der Waals surface area contributed by atoms with Crippen LogP contribution in [0.3, 0.4) is 0 Å². The van der Waals surface area contributed by atoms with Gasteiger partial charge in [-0.25, -0.2) is 14.8 Å². The maximum absolute atomic E-state index is 10.7. The van der Waals surface area contributed by atoms with Crippen LogP contribution in [0, 0.1) is 0 Å². The maximum Gasteiger partial charge on any atom is 0.354 e. The number of nitrogens with zero attached hydrogens (tertiary/aromatic N) is 4. The molecule has 0 saturated heterocycles. The van der Waals surface area contributed by atoms with E-state index in [1.54, 1.807) is 10.9 Å². The van der Waals surface area contributed by atoms with Gasteiger partial charge in [-0.3, -0.25) is 4.68 Å². The van der Waals surface area contributed by atoms with E-state index >= 15 is 0 Å². The molecular weight excluding hydrogens is 234 g/mol. The largest absolute Gasteiger partial charge is 0.477 e. The molecule has 0 bridgehead atoms. The quantitative estimate of drug-likeness (QED) is 0.802. The third-order valence-corrected chi connectivity index (χ3v) is 2.46. The molecule has 2 N–H and O–H groups in total. The molecule has 2 rings (SSSR count). The fourth-order valence-corrected chi connectivity index (χ4v) is 1.51. The van der Waals surface area contributed by atoms with Crippen LogP contribution in [0.5, 0.6) is 0 Å². The molecule has 2 aromatic heterocycles. The van der Waals surface area contributed by atoms with E-state index < -0.39 is 5.97 Å². The zero-order valence-corrected chi connectivity index (χ0v) is 9.87. The highest BCUT2D eigenvalue weighted by Crippen LogP contribution is 2.02. The van der Waals surface area contributed by atoms with Crippen molar-refractivity contribution in [2.75, 3.05) is 11.9 Å². The Hall–Kier alpha value is -2.44. The molecular formula is C11H13N5O2. The second kappa shape index (κ2) is 5.26. The van der Waals surface area contributed by atoms with Gasteiger partial charge < -0.3 is 10.4 Å². The number of carboxylic acids is 1. The van der Waals surface area contributed by atoms with Gasteiger partial charge in [-0.05, 0) is 12.1 Å². The Morgan fingerprint density at radius 2 is 2.28 bits per heavy atom. The molecule has 7 nitrogen and oxygen atoms in total. The summed E-state index contributed by atoms with van der Waals surface area (Å²) in [6, 6.07) is 3.28. The first-order valence-electron chi connectivity index (χ1n) is 5.44. The first-order valence-corrected chi connectivity index (χ1v) is 5.44. The van der Waals surface area contributed by atoms with Crippen molar-refractivity contribution in [1.82, 2.24) is 19.7 Å². The summed E-state index contributed by atoms with van der Waals surface area (Å²) in [5.74, 6) is -0.746. The second-order valence-electron chi connectivity index (χ2n) is 3.69. The molecule has 0 spiro atoms. The molecule has 0 saturated carbocycles. The van der Waals surface area contributed by atoms with E-state index in [1.807, 2.05) is 13.1 Å². The van der Waals surface area contributed by atoms with Crippen molar-refractivity contribution in [2.45, 2.75) is 6.42 Å². The highest BCUT2D eigenvalue weighted by Gasteiger charge is 2.06. The third kappa shape index (κ3) is 2.82. The molecule has 0 amide bonds. The van der Waals surface area contributed by atoms with Gasteiger partial charge in [0, 0.05) is 38.1 Å². The van der Waals surface area contributed by atoms with Crippen molar-refractivity contribution in [3.63, 3.8) is 0 Å². The van der Waals surface area contributed by atoms with E-state index in [4.69, 9.17) is 5.11 Å². The van der Waals surface area contributed by atoms with Gasteiger partial charge >= 0.3 is 5.97 Å². The minimum absolute atomic E-state index is 0.0203. The highest BCUT2D eigenvalue weighted by molar-refractivity contribution is 5.85. The molecule has 18 heavy (non-hydrogen) atoms. The topological polar surface area (TPSA) is 92.9 Å². The molecule has 2 heterocycles. The van der Waals surface area contributed by atoms with Crippen LogP contribution in [0.15, 0.2) is 24.5 Å². The Kier molecular flexibility index (Phi) is 3.52. The van der Waals surface area contributed by atoms with Gasteiger partial charge in [0.15, 0.2) is 5.69 Å². The summed E-state index contributed by atoms with van der Waals surface area (Å²) in [5, 5.41) is 15.8. The lowest BCUT2D eigenvalue weighted by atomic mass is 10.3. The lowest BCUT2D eigenvalue weighted by Gasteiger charge is -2.05. The van der Waals surface area contributed by atoms with Crippen molar-refractivity contribution in [3.05, 3.63) is 35.9 Å². The average Bonchev–Trinajstić information content (AvgIpc) is 2.76. The predicted molar refractivity (Wildman–Crippen MR) is 64.4 cm³/mol. The molecule has 0 radical (unpaired) electrons. The van der Waals surface area contributed by atoms with Crippen LogP contribution < -0.4 is 5.32 Å². The number of anilines is 1. The van der Waals surface area contributed by atoms with E-state index in [1.165, 1.54) is 12.3 Å². The zero-order chi connectivity index (χ0) is 13.0. The van der Waals surface area contributed by atoms with Crippen molar-refractivity contribution in [2.24, 2.45) is 7.05 Å². The summed E-state index contributed by atoms with van der Waals surface area (Å²) in [4.78, 5) is 18.6. The van der Waals surface area contributed by atoms with Crippen LogP contribution in [0.2, 0.25) is 0 Å². The van der Waals surface area contributed by atoms with Gasteiger partial charge in [-0.15, -0.1) is 0 Å². The normalized spacial score (nSPS) is 10.3. The Bertz CT molecular complexity index is 552. The van der Waals surface area contributed by atoms with E-state index in [0.29, 0.717) is 12.5 Å². The number of hydrogen-bond donors (Lipinski definition) is 2. The van der Waals surface area contributed by atoms with Crippen molar-refractivity contribution >= 4 is 11.9 Å². The monoisotopic (exact) mass is 247 g/mol. The first kappa shape index (κ1) is 12.0. The Balaban J connectivity index is 1.92. The fourth-order valence-electron chi connectivity index (χ4n) is 1.51. The summed E-state index contributed by atoms with van der Waals surface area (Å²) in [7, 11) is 1.87. The minimum atomic E-state index is -1.06. The van der Waals surface area contributed by atoms with Crippen LogP contribution in [0.1, 0.15) is 16.2 Å². The molecule has 7 heteroatoms. The highest BCUT2D eigenvalue weighted by atomic mass is 16.4. The molecule has 0 atom stereocenters. The van der Waals surface area contributed by atoms with Gasteiger partial charge in [0.25, 0.3) is 0 Å². The van der Waals surface area contributed by atoms with Crippen LogP contribution >= 0.6 is 0 Å². The number of aromatic carboxylic acids is 1. The third-order valence-electron chi connectivity index (χ3n) is 2.46. The fraction of sp³-hybridized carbons (Fsp3) is 0.273. The molecule has 0 aliphatic heterocycles. The second-order valence-corrected chi connectivity index (χ2v) is 3.69. The Labute approximate surface area is 104 Å². The van der Waals surface area contributed by atoms with E-state index in [9.17, 15) is 4.79 Å². The SMILES string of the molecule is Cn1nccc1CCNc1nccc(C(=O)O)n1. The van der Waals surface area contributed by atoms with Gasteiger partial charge in [-0.2, -0.15) is 5.10 Å². The molecule has 0 aromatic carbocycles.